The molecule has 1 N–H and O–H groups in total. The SMILES string of the molecule is C1CC[C@H](CSc2nnc(NC[C@H]3CCCO3)s2)OC1. The first-order chi connectivity index (χ1) is 9.90. The molecule has 2 aliphatic heterocycles. The molecule has 0 aromatic carbocycles. The van der Waals surface area contributed by atoms with Gasteiger partial charge in [-0.3, -0.25) is 0 Å². The Bertz CT molecular complexity index is 404. The van der Waals surface area contributed by atoms with Gasteiger partial charge >= 0.3 is 0 Å². The van der Waals surface area contributed by atoms with E-state index in [1.165, 1.54) is 25.7 Å². The van der Waals surface area contributed by atoms with Crippen LogP contribution in [-0.2, 0) is 9.47 Å². The molecule has 0 bridgehead atoms. The molecule has 0 spiro atoms. The predicted molar refractivity (Wildman–Crippen MR) is 81.7 cm³/mol. The molecule has 2 atom stereocenters. The Kier molecular flexibility index (Phi) is 5.52. The Morgan fingerprint density at radius 3 is 2.75 bits per heavy atom. The Morgan fingerprint density at radius 2 is 1.95 bits per heavy atom. The van der Waals surface area contributed by atoms with Crippen molar-refractivity contribution in [1.29, 1.82) is 0 Å². The van der Waals surface area contributed by atoms with Crippen molar-refractivity contribution < 1.29 is 9.47 Å². The third-order valence-electron chi connectivity index (χ3n) is 3.58. The fraction of sp³-hybridized carbons (Fsp3) is 0.846. The second kappa shape index (κ2) is 7.59. The highest BCUT2D eigenvalue weighted by Crippen LogP contribution is 2.28. The fourth-order valence-corrected chi connectivity index (χ4v) is 4.30. The molecule has 112 valence electrons. The maximum atomic E-state index is 5.72. The van der Waals surface area contributed by atoms with Crippen molar-refractivity contribution in [3.63, 3.8) is 0 Å². The maximum Gasteiger partial charge on any atom is 0.206 e. The molecule has 3 heterocycles. The molecule has 0 amide bonds. The van der Waals surface area contributed by atoms with E-state index in [-0.39, 0.29) is 0 Å². The maximum absolute atomic E-state index is 5.72. The lowest BCUT2D eigenvalue weighted by atomic mass is 10.1. The van der Waals surface area contributed by atoms with Gasteiger partial charge in [0.2, 0.25) is 5.13 Å². The summed E-state index contributed by atoms with van der Waals surface area (Å²) >= 11 is 3.38. The standard InChI is InChI=1S/C13H21N3O2S2/c1-2-6-18-11(4-1)9-19-13-16-15-12(20-13)14-8-10-5-3-7-17-10/h10-11H,1-9H2,(H,14,15)/t10-,11-/m1/s1. The van der Waals surface area contributed by atoms with E-state index in [0.717, 1.165) is 41.4 Å². The Labute approximate surface area is 127 Å². The van der Waals surface area contributed by atoms with Gasteiger partial charge in [0.25, 0.3) is 0 Å². The second-order valence-electron chi connectivity index (χ2n) is 5.19. The second-order valence-corrected chi connectivity index (χ2v) is 7.43. The lowest BCUT2D eigenvalue weighted by Crippen LogP contribution is -2.21. The fourth-order valence-electron chi connectivity index (χ4n) is 2.45. The van der Waals surface area contributed by atoms with Crippen LogP contribution in [0.4, 0.5) is 5.13 Å². The van der Waals surface area contributed by atoms with Gasteiger partial charge < -0.3 is 14.8 Å². The highest BCUT2D eigenvalue weighted by Gasteiger charge is 2.17. The van der Waals surface area contributed by atoms with E-state index in [1.54, 1.807) is 23.1 Å². The van der Waals surface area contributed by atoms with Crippen LogP contribution >= 0.6 is 23.1 Å². The minimum atomic E-state index is 0.339. The number of nitrogens with one attached hydrogen (secondary N) is 1. The Balaban J connectivity index is 1.39. The van der Waals surface area contributed by atoms with Crippen molar-refractivity contribution in [2.45, 2.75) is 48.7 Å². The van der Waals surface area contributed by atoms with Crippen LogP contribution in [0.5, 0.6) is 0 Å². The third kappa shape index (κ3) is 4.31. The average Bonchev–Trinajstić information content (AvgIpc) is 3.16. The summed E-state index contributed by atoms with van der Waals surface area (Å²) in [6.45, 7) is 2.64. The first-order valence-corrected chi connectivity index (χ1v) is 9.14. The van der Waals surface area contributed by atoms with Crippen LogP contribution < -0.4 is 5.32 Å². The van der Waals surface area contributed by atoms with Gasteiger partial charge in [-0.15, -0.1) is 10.2 Å². The molecule has 2 aliphatic rings. The number of hydrogen-bond acceptors (Lipinski definition) is 7. The lowest BCUT2D eigenvalue weighted by Gasteiger charge is -2.21. The van der Waals surface area contributed by atoms with Gasteiger partial charge in [0.15, 0.2) is 4.34 Å². The number of hydrogen-bond donors (Lipinski definition) is 1. The van der Waals surface area contributed by atoms with Gasteiger partial charge in [0, 0.05) is 25.5 Å². The van der Waals surface area contributed by atoms with E-state index in [1.807, 2.05) is 0 Å². The number of rotatable bonds is 6. The first-order valence-electron chi connectivity index (χ1n) is 7.33. The van der Waals surface area contributed by atoms with Gasteiger partial charge in [0.1, 0.15) is 0 Å². The van der Waals surface area contributed by atoms with Crippen LogP contribution in [-0.4, -0.2) is 47.9 Å². The average molecular weight is 315 g/mol. The molecule has 0 unspecified atom stereocenters. The summed E-state index contributed by atoms with van der Waals surface area (Å²) in [5.41, 5.74) is 0. The molecule has 1 aromatic heterocycles. The molecule has 20 heavy (non-hydrogen) atoms. The van der Waals surface area contributed by atoms with Crippen LogP contribution in [0.3, 0.4) is 0 Å². The zero-order chi connectivity index (χ0) is 13.6. The topological polar surface area (TPSA) is 56.3 Å². The molecule has 3 rings (SSSR count). The van der Waals surface area contributed by atoms with E-state index in [0.29, 0.717) is 12.2 Å². The van der Waals surface area contributed by atoms with Gasteiger partial charge in [-0.05, 0) is 32.1 Å². The van der Waals surface area contributed by atoms with Crippen molar-refractivity contribution >= 4 is 28.2 Å². The molecule has 0 radical (unpaired) electrons. The molecule has 2 fully saturated rings. The number of nitrogens with zero attached hydrogens (tertiary/aromatic N) is 2. The number of thioether (sulfide) groups is 1. The number of anilines is 1. The van der Waals surface area contributed by atoms with Crippen molar-refractivity contribution in [1.82, 2.24) is 10.2 Å². The zero-order valence-corrected chi connectivity index (χ0v) is 13.2. The summed E-state index contributed by atoms with van der Waals surface area (Å²) in [6.07, 6.45) is 6.71. The van der Waals surface area contributed by atoms with Crippen LogP contribution in [0.2, 0.25) is 0 Å². The summed E-state index contributed by atoms with van der Waals surface area (Å²) in [6, 6.07) is 0. The van der Waals surface area contributed by atoms with Gasteiger partial charge in [-0.2, -0.15) is 0 Å². The summed E-state index contributed by atoms with van der Waals surface area (Å²) < 4.78 is 12.3. The van der Waals surface area contributed by atoms with Crippen LogP contribution in [0.15, 0.2) is 4.34 Å². The number of ether oxygens (including phenoxy) is 2. The molecular formula is C13H21N3O2S2. The zero-order valence-electron chi connectivity index (χ0n) is 11.5. The van der Waals surface area contributed by atoms with E-state index in [9.17, 15) is 0 Å². The normalized spacial score (nSPS) is 26.8. The van der Waals surface area contributed by atoms with Crippen LogP contribution in [0.1, 0.15) is 32.1 Å². The monoisotopic (exact) mass is 315 g/mol. The lowest BCUT2D eigenvalue weighted by molar-refractivity contribution is 0.0315. The molecule has 5 nitrogen and oxygen atoms in total. The molecule has 2 saturated heterocycles. The highest BCUT2D eigenvalue weighted by atomic mass is 32.2. The Morgan fingerprint density at radius 1 is 1.10 bits per heavy atom. The molecular weight excluding hydrogens is 294 g/mol. The molecule has 0 saturated carbocycles. The predicted octanol–water partition coefficient (Wildman–Crippen LogP) is 2.79. The molecule has 0 aliphatic carbocycles. The Hall–Kier alpha value is -0.370. The van der Waals surface area contributed by atoms with Crippen molar-refractivity contribution in [3.8, 4) is 0 Å². The quantitative estimate of drug-likeness (QED) is 0.815. The highest BCUT2D eigenvalue weighted by molar-refractivity contribution is 8.01. The van der Waals surface area contributed by atoms with Crippen molar-refractivity contribution in [2.24, 2.45) is 0 Å². The first kappa shape index (κ1) is 14.6. The van der Waals surface area contributed by atoms with E-state index >= 15 is 0 Å². The van der Waals surface area contributed by atoms with Crippen LogP contribution in [0.25, 0.3) is 0 Å². The van der Waals surface area contributed by atoms with Gasteiger partial charge in [-0.25, -0.2) is 0 Å². The van der Waals surface area contributed by atoms with Gasteiger partial charge in [-0.1, -0.05) is 23.1 Å². The largest absolute Gasteiger partial charge is 0.377 e. The van der Waals surface area contributed by atoms with Crippen molar-refractivity contribution in [3.05, 3.63) is 0 Å². The smallest absolute Gasteiger partial charge is 0.206 e. The van der Waals surface area contributed by atoms with E-state index < -0.39 is 0 Å². The van der Waals surface area contributed by atoms with E-state index in [2.05, 4.69) is 15.5 Å². The summed E-state index contributed by atoms with van der Waals surface area (Å²) in [4.78, 5) is 0. The minimum Gasteiger partial charge on any atom is -0.377 e. The third-order valence-corrected chi connectivity index (χ3v) is 5.72. The summed E-state index contributed by atoms with van der Waals surface area (Å²) in [7, 11) is 0. The van der Waals surface area contributed by atoms with Gasteiger partial charge in [0.05, 0.1) is 12.2 Å². The molecule has 1 aromatic rings. The minimum absolute atomic E-state index is 0.339. The summed E-state index contributed by atoms with van der Waals surface area (Å²) in [5.74, 6) is 0.986. The number of aromatic nitrogens is 2. The van der Waals surface area contributed by atoms with E-state index in [4.69, 9.17) is 9.47 Å². The van der Waals surface area contributed by atoms with Crippen molar-refractivity contribution in [2.75, 3.05) is 30.8 Å². The summed E-state index contributed by atoms with van der Waals surface area (Å²) in [5, 5.41) is 12.6. The van der Waals surface area contributed by atoms with Crippen LogP contribution in [0, 0.1) is 0 Å². The molecule has 7 heteroatoms.